The van der Waals surface area contributed by atoms with Gasteiger partial charge in [0.15, 0.2) is 0 Å². The minimum Gasteiger partial charge on any atom is -0.466 e. The van der Waals surface area contributed by atoms with E-state index in [2.05, 4.69) is 11.8 Å². The zero-order valence-electron chi connectivity index (χ0n) is 20.2. The van der Waals surface area contributed by atoms with Crippen LogP contribution in [-0.4, -0.2) is 50.2 Å². The number of benzene rings is 1. The molecule has 4 aliphatic carbocycles. The van der Waals surface area contributed by atoms with Gasteiger partial charge in [-0.05, 0) is 85.8 Å². The standard InChI is InChI=1S/C27H37F3N2O2/c1-25-14-20-12-21(15-25)17-26(16-20,19-25)18-24(33)34-11-3-6-31-7-9-32(10-8-31)23-5-2-4-22(13-23)27(28,29)30/h2,4-5,13,20-21H,3,6-12,14-19H2,1H3/t20-,21+,25?,26?. The number of nitrogens with zero attached hydrogens (tertiary/aromatic N) is 2. The fourth-order valence-electron chi connectivity index (χ4n) is 8.08. The molecule has 1 aliphatic heterocycles. The molecule has 1 heterocycles. The van der Waals surface area contributed by atoms with Crippen LogP contribution in [-0.2, 0) is 15.7 Å². The van der Waals surface area contributed by atoms with Gasteiger partial charge in [-0.3, -0.25) is 9.69 Å². The third kappa shape index (κ3) is 5.24. The van der Waals surface area contributed by atoms with E-state index < -0.39 is 11.7 Å². The maximum absolute atomic E-state index is 13.0. The maximum atomic E-state index is 13.0. The Morgan fingerprint density at radius 3 is 2.44 bits per heavy atom. The third-order valence-electron chi connectivity index (χ3n) is 8.79. The molecule has 5 aliphatic rings. The van der Waals surface area contributed by atoms with E-state index in [9.17, 15) is 18.0 Å². The molecular weight excluding hydrogens is 441 g/mol. The lowest BCUT2D eigenvalue weighted by Gasteiger charge is -2.61. The first-order valence-electron chi connectivity index (χ1n) is 12.9. The topological polar surface area (TPSA) is 32.8 Å². The number of hydrogen-bond donors (Lipinski definition) is 0. The molecule has 0 aromatic heterocycles. The van der Waals surface area contributed by atoms with Crippen LogP contribution in [0.2, 0.25) is 0 Å². The lowest BCUT2D eigenvalue weighted by atomic mass is 9.44. The molecule has 6 rings (SSSR count). The number of hydrogen-bond acceptors (Lipinski definition) is 4. The lowest BCUT2D eigenvalue weighted by Crippen LogP contribution is -2.51. The van der Waals surface area contributed by atoms with Crippen LogP contribution in [0.5, 0.6) is 0 Å². The summed E-state index contributed by atoms with van der Waals surface area (Å²) in [5.41, 5.74) is 0.662. The molecule has 34 heavy (non-hydrogen) atoms. The number of piperazine rings is 1. The van der Waals surface area contributed by atoms with Crippen molar-refractivity contribution in [2.45, 2.75) is 64.5 Å². The van der Waals surface area contributed by atoms with Crippen molar-refractivity contribution < 1.29 is 22.7 Å². The van der Waals surface area contributed by atoms with Crippen molar-refractivity contribution in [2.24, 2.45) is 22.7 Å². The van der Waals surface area contributed by atoms with Crippen LogP contribution >= 0.6 is 0 Å². The second-order valence-corrected chi connectivity index (χ2v) is 11.9. The number of esters is 1. The van der Waals surface area contributed by atoms with Crippen molar-refractivity contribution >= 4 is 11.7 Å². The average molecular weight is 479 g/mol. The smallest absolute Gasteiger partial charge is 0.416 e. The average Bonchev–Trinajstić information content (AvgIpc) is 2.74. The van der Waals surface area contributed by atoms with E-state index in [1.54, 1.807) is 6.07 Å². The summed E-state index contributed by atoms with van der Waals surface area (Å²) < 4.78 is 44.6. The van der Waals surface area contributed by atoms with Gasteiger partial charge in [0.05, 0.1) is 18.6 Å². The molecule has 0 radical (unpaired) electrons. The van der Waals surface area contributed by atoms with Crippen LogP contribution in [0.4, 0.5) is 18.9 Å². The Bertz CT molecular complexity index is 880. The fourth-order valence-corrected chi connectivity index (χ4v) is 8.08. The zero-order valence-corrected chi connectivity index (χ0v) is 20.2. The van der Waals surface area contributed by atoms with Gasteiger partial charge in [-0.2, -0.15) is 13.2 Å². The van der Waals surface area contributed by atoms with Crippen LogP contribution in [0, 0.1) is 22.7 Å². The van der Waals surface area contributed by atoms with Crippen LogP contribution in [0.3, 0.4) is 0 Å². The molecular formula is C27H37F3N2O2. The number of anilines is 1. The summed E-state index contributed by atoms with van der Waals surface area (Å²) in [6, 6.07) is 5.57. The molecule has 0 N–H and O–H groups in total. The Balaban J connectivity index is 1.02. The third-order valence-corrected chi connectivity index (χ3v) is 8.79. The van der Waals surface area contributed by atoms with E-state index in [4.69, 9.17) is 4.74 Å². The Labute approximate surface area is 200 Å². The van der Waals surface area contributed by atoms with Gasteiger partial charge in [-0.1, -0.05) is 13.0 Å². The van der Waals surface area contributed by atoms with Crippen molar-refractivity contribution in [1.29, 1.82) is 0 Å². The summed E-state index contributed by atoms with van der Waals surface area (Å²) >= 11 is 0. The van der Waals surface area contributed by atoms with E-state index >= 15 is 0 Å². The van der Waals surface area contributed by atoms with Crippen molar-refractivity contribution in [2.75, 3.05) is 44.2 Å². The van der Waals surface area contributed by atoms with E-state index in [0.29, 0.717) is 37.2 Å². The lowest BCUT2D eigenvalue weighted by molar-refractivity contribution is -0.156. The number of halogens is 3. The quantitative estimate of drug-likeness (QED) is 0.369. The number of carbonyl (C=O) groups excluding carboxylic acids is 1. The summed E-state index contributed by atoms with van der Waals surface area (Å²) in [6.45, 7) is 6.72. The highest BCUT2D eigenvalue weighted by molar-refractivity contribution is 5.70. The predicted octanol–water partition coefficient (Wildman–Crippen LogP) is 5.76. The number of rotatable bonds is 7. The predicted molar refractivity (Wildman–Crippen MR) is 126 cm³/mol. The molecule has 2 unspecified atom stereocenters. The summed E-state index contributed by atoms with van der Waals surface area (Å²) in [5.74, 6) is 1.60. The summed E-state index contributed by atoms with van der Waals surface area (Å²) in [7, 11) is 0. The van der Waals surface area contributed by atoms with Crippen molar-refractivity contribution in [3.8, 4) is 0 Å². The number of ether oxygens (including phenoxy) is 1. The molecule has 5 fully saturated rings. The largest absolute Gasteiger partial charge is 0.466 e. The summed E-state index contributed by atoms with van der Waals surface area (Å²) in [4.78, 5) is 17.0. The van der Waals surface area contributed by atoms with Crippen LogP contribution in [0.15, 0.2) is 24.3 Å². The second-order valence-electron chi connectivity index (χ2n) is 11.9. The normalized spacial score (nSPS) is 33.4. The molecule has 1 aromatic carbocycles. The fraction of sp³-hybridized carbons (Fsp3) is 0.741. The van der Waals surface area contributed by atoms with Gasteiger partial charge < -0.3 is 9.64 Å². The molecule has 7 heteroatoms. The van der Waals surface area contributed by atoms with Gasteiger partial charge in [0.25, 0.3) is 0 Å². The number of alkyl halides is 3. The molecule has 4 atom stereocenters. The van der Waals surface area contributed by atoms with E-state index in [0.717, 1.165) is 44.0 Å². The Kier molecular flexibility index (Phi) is 6.36. The van der Waals surface area contributed by atoms with E-state index in [1.807, 2.05) is 4.90 Å². The molecule has 4 bridgehead atoms. The van der Waals surface area contributed by atoms with Crippen LogP contribution < -0.4 is 4.90 Å². The first-order chi connectivity index (χ1) is 16.1. The summed E-state index contributed by atoms with van der Waals surface area (Å²) in [6.07, 6.45) is 4.75. The first kappa shape index (κ1) is 24.0. The zero-order chi connectivity index (χ0) is 24.0. The molecule has 1 aromatic rings. The highest BCUT2D eigenvalue weighted by Gasteiger charge is 2.56. The van der Waals surface area contributed by atoms with E-state index in [1.165, 1.54) is 50.7 Å². The van der Waals surface area contributed by atoms with Gasteiger partial charge in [0.1, 0.15) is 0 Å². The van der Waals surface area contributed by atoms with Gasteiger partial charge in [0, 0.05) is 38.4 Å². The SMILES string of the molecule is CC12C[C@H]3C[C@@H](C1)CC(CC(=O)OCCCN1CCN(c4cccc(C(F)(F)F)c4)CC1)(C3)C2. The molecule has 0 amide bonds. The molecule has 188 valence electrons. The minimum atomic E-state index is -4.32. The van der Waals surface area contributed by atoms with Crippen molar-refractivity contribution in [1.82, 2.24) is 4.90 Å². The molecule has 4 nitrogen and oxygen atoms in total. The van der Waals surface area contributed by atoms with Crippen molar-refractivity contribution in [3.05, 3.63) is 29.8 Å². The highest BCUT2D eigenvalue weighted by atomic mass is 19.4. The van der Waals surface area contributed by atoms with Gasteiger partial charge >= 0.3 is 12.1 Å². The number of carbonyl (C=O) groups is 1. The molecule has 4 saturated carbocycles. The minimum absolute atomic E-state index is 0.0279. The van der Waals surface area contributed by atoms with Crippen molar-refractivity contribution in [3.63, 3.8) is 0 Å². The highest BCUT2D eigenvalue weighted by Crippen LogP contribution is 2.66. The van der Waals surface area contributed by atoms with E-state index in [-0.39, 0.29) is 11.4 Å². The van der Waals surface area contributed by atoms with Gasteiger partial charge in [-0.15, -0.1) is 0 Å². The first-order valence-corrected chi connectivity index (χ1v) is 12.9. The van der Waals surface area contributed by atoms with Gasteiger partial charge in [-0.25, -0.2) is 0 Å². The summed E-state index contributed by atoms with van der Waals surface area (Å²) in [5, 5.41) is 0. The van der Waals surface area contributed by atoms with Crippen LogP contribution in [0.1, 0.15) is 63.9 Å². The Morgan fingerprint density at radius 1 is 1.09 bits per heavy atom. The monoisotopic (exact) mass is 478 g/mol. The molecule has 0 spiro atoms. The van der Waals surface area contributed by atoms with Gasteiger partial charge in [0.2, 0.25) is 0 Å². The Hall–Kier alpha value is -1.76. The van der Waals surface area contributed by atoms with Crippen LogP contribution in [0.25, 0.3) is 0 Å². The second kappa shape index (κ2) is 9.03. The Morgan fingerprint density at radius 2 is 1.79 bits per heavy atom. The molecule has 1 saturated heterocycles. The maximum Gasteiger partial charge on any atom is 0.416 e.